The first-order valence-electron chi connectivity index (χ1n) is 5.73. The summed E-state index contributed by atoms with van der Waals surface area (Å²) in [5.74, 6) is 1.96. The fourth-order valence-electron chi connectivity index (χ4n) is 3.58. The van der Waals surface area contributed by atoms with Crippen molar-refractivity contribution in [3.05, 3.63) is 0 Å². The number of ether oxygens (including phenoxy) is 2. The minimum absolute atomic E-state index is 0.186. The predicted molar refractivity (Wildman–Crippen MR) is 50.7 cm³/mol. The summed E-state index contributed by atoms with van der Waals surface area (Å²) in [5, 5.41) is 8.91. The molecule has 0 aromatic heterocycles. The van der Waals surface area contributed by atoms with Crippen LogP contribution in [0.5, 0.6) is 0 Å². The van der Waals surface area contributed by atoms with Crippen molar-refractivity contribution in [1.29, 1.82) is 0 Å². The monoisotopic (exact) mass is 198 g/mol. The Morgan fingerprint density at radius 3 is 2.71 bits per heavy atom. The van der Waals surface area contributed by atoms with Crippen molar-refractivity contribution >= 4 is 0 Å². The molecule has 0 bridgehead atoms. The molecule has 1 heterocycles. The smallest absolute Gasteiger partial charge is 0.171 e. The molecule has 3 rings (SSSR count). The second kappa shape index (κ2) is 3.19. The van der Waals surface area contributed by atoms with E-state index in [-0.39, 0.29) is 5.79 Å². The third-order valence-electron chi connectivity index (χ3n) is 4.22. The van der Waals surface area contributed by atoms with Crippen LogP contribution in [0, 0.1) is 17.8 Å². The maximum absolute atomic E-state index is 8.91. The Balaban J connectivity index is 1.64. The molecule has 3 aliphatic rings. The fourth-order valence-corrected chi connectivity index (χ4v) is 3.58. The van der Waals surface area contributed by atoms with Crippen molar-refractivity contribution in [2.24, 2.45) is 17.8 Å². The van der Waals surface area contributed by atoms with Gasteiger partial charge in [0.05, 0.1) is 13.2 Å². The summed E-state index contributed by atoms with van der Waals surface area (Å²) in [7, 11) is 0. The van der Waals surface area contributed by atoms with E-state index < -0.39 is 0 Å². The average molecular weight is 198 g/mol. The SMILES string of the molecule is OCC[C@@H]1C[C@@H]2CC3(OCCO3)[C@@H]2C1. The first-order valence-corrected chi connectivity index (χ1v) is 5.73. The molecule has 3 nitrogen and oxygen atoms in total. The number of hydrogen-bond donors (Lipinski definition) is 1. The quantitative estimate of drug-likeness (QED) is 0.723. The van der Waals surface area contributed by atoms with Crippen molar-refractivity contribution < 1.29 is 14.6 Å². The number of aliphatic hydroxyl groups is 1. The molecule has 3 heteroatoms. The lowest BCUT2D eigenvalue weighted by Crippen LogP contribution is -2.52. The Bertz CT molecular complexity index is 223. The average Bonchev–Trinajstić information content (AvgIpc) is 2.72. The number of fused-ring (bicyclic) bond motifs is 2. The maximum Gasteiger partial charge on any atom is 0.171 e. The van der Waals surface area contributed by atoms with Gasteiger partial charge < -0.3 is 14.6 Å². The van der Waals surface area contributed by atoms with Crippen LogP contribution in [0.1, 0.15) is 25.7 Å². The van der Waals surface area contributed by atoms with Crippen LogP contribution in [0.3, 0.4) is 0 Å². The molecule has 0 aromatic carbocycles. The zero-order valence-electron chi connectivity index (χ0n) is 8.45. The molecular formula is C11H18O3. The van der Waals surface area contributed by atoms with Crippen LogP contribution in [0.15, 0.2) is 0 Å². The van der Waals surface area contributed by atoms with Crippen LogP contribution in [0.4, 0.5) is 0 Å². The van der Waals surface area contributed by atoms with Gasteiger partial charge >= 0.3 is 0 Å². The second-order valence-corrected chi connectivity index (χ2v) is 4.93. The van der Waals surface area contributed by atoms with Crippen LogP contribution in [-0.2, 0) is 9.47 Å². The summed E-state index contributed by atoms with van der Waals surface area (Å²) in [5.41, 5.74) is 0. The van der Waals surface area contributed by atoms with Gasteiger partial charge in [-0.2, -0.15) is 0 Å². The van der Waals surface area contributed by atoms with E-state index in [4.69, 9.17) is 14.6 Å². The molecule has 1 spiro atoms. The van der Waals surface area contributed by atoms with Gasteiger partial charge in [0.2, 0.25) is 0 Å². The number of aliphatic hydroxyl groups excluding tert-OH is 1. The number of rotatable bonds is 2. The van der Waals surface area contributed by atoms with Gasteiger partial charge in [0.1, 0.15) is 0 Å². The molecule has 1 saturated heterocycles. The van der Waals surface area contributed by atoms with E-state index in [0.29, 0.717) is 18.4 Å². The van der Waals surface area contributed by atoms with Crippen molar-refractivity contribution in [1.82, 2.24) is 0 Å². The third kappa shape index (κ3) is 1.16. The van der Waals surface area contributed by atoms with Gasteiger partial charge in [-0.25, -0.2) is 0 Å². The molecule has 1 aliphatic heterocycles. The van der Waals surface area contributed by atoms with Crippen molar-refractivity contribution in [2.45, 2.75) is 31.5 Å². The molecule has 0 radical (unpaired) electrons. The van der Waals surface area contributed by atoms with E-state index in [9.17, 15) is 0 Å². The van der Waals surface area contributed by atoms with Crippen molar-refractivity contribution in [3.63, 3.8) is 0 Å². The Hall–Kier alpha value is -0.120. The van der Waals surface area contributed by atoms with Crippen LogP contribution < -0.4 is 0 Å². The summed E-state index contributed by atoms with van der Waals surface area (Å²) in [6.07, 6.45) is 4.54. The highest BCUT2D eigenvalue weighted by molar-refractivity contribution is 5.04. The second-order valence-electron chi connectivity index (χ2n) is 4.93. The molecule has 1 N–H and O–H groups in total. The molecule has 0 aromatic rings. The molecule has 3 atom stereocenters. The summed E-state index contributed by atoms with van der Waals surface area (Å²) < 4.78 is 11.5. The van der Waals surface area contributed by atoms with E-state index in [1.807, 2.05) is 0 Å². The molecule has 2 saturated carbocycles. The van der Waals surface area contributed by atoms with E-state index in [1.54, 1.807) is 0 Å². The highest BCUT2D eigenvalue weighted by Gasteiger charge is 2.61. The lowest BCUT2D eigenvalue weighted by atomic mass is 9.70. The van der Waals surface area contributed by atoms with Gasteiger partial charge in [-0.05, 0) is 31.1 Å². The van der Waals surface area contributed by atoms with Crippen LogP contribution in [-0.4, -0.2) is 30.7 Å². The highest BCUT2D eigenvalue weighted by Crippen LogP contribution is 2.59. The Kier molecular flexibility index (Phi) is 2.08. The highest BCUT2D eigenvalue weighted by atomic mass is 16.7. The van der Waals surface area contributed by atoms with Gasteiger partial charge in [-0.3, -0.25) is 0 Å². The van der Waals surface area contributed by atoms with Crippen LogP contribution >= 0.6 is 0 Å². The first kappa shape index (κ1) is 9.13. The normalized spacial score (nSPS) is 43.9. The van der Waals surface area contributed by atoms with Gasteiger partial charge in [0.15, 0.2) is 5.79 Å². The Morgan fingerprint density at radius 1 is 1.21 bits per heavy atom. The summed E-state index contributed by atoms with van der Waals surface area (Å²) >= 11 is 0. The molecule has 2 aliphatic carbocycles. The van der Waals surface area contributed by atoms with Crippen LogP contribution in [0.25, 0.3) is 0 Å². The summed E-state index contributed by atoms with van der Waals surface area (Å²) in [6.45, 7) is 1.88. The Morgan fingerprint density at radius 2 is 2.00 bits per heavy atom. The third-order valence-corrected chi connectivity index (χ3v) is 4.22. The van der Waals surface area contributed by atoms with E-state index in [1.165, 1.54) is 12.8 Å². The molecule has 0 amide bonds. The van der Waals surface area contributed by atoms with Gasteiger partial charge in [0.25, 0.3) is 0 Å². The fraction of sp³-hybridized carbons (Fsp3) is 1.00. The first-order chi connectivity index (χ1) is 6.84. The Labute approximate surface area is 84.4 Å². The van der Waals surface area contributed by atoms with E-state index in [2.05, 4.69) is 0 Å². The molecule has 80 valence electrons. The topological polar surface area (TPSA) is 38.7 Å². The van der Waals surface area contributed by atoms with Crippen molar-refractivity contribution in [2.75, 3.05) is 19.8 Å². The van der Waals surface area contributed by atoms with Gasteiger partial charge in [0, 0.05) is 18.9 Å². The minimum atomic E-state index is -0.186. The van der Waals surface area contributed by atoms with Gasteiger partial charge in [-0.1, -0.05) is 0 Å². The predicted octanol–water partition coefficient (Wildman–Crippen LogP) is 1.16. The maximum atomic E-state index is 8.91. The standard InChI is InChI=1S/C11H18O3/c12-2-1-8-5-9-7-11(10(9)6-8)13-3-4-14-11/h8-10,12H,1-7H2/t8-,9-,10-/m1/s1. The molecule has 0 unspecified atom stereocenters. The molecular weight excluding hydrogens is 180 g/mol. The van der Waals surface area contributed by atoms with Gasteiger partial charge in [-0.15, -0.1) is 0 Å². The number of hydrogen-bond acceptors (Lipinski definition) is 3. The largest absolute Gasteiger partial charge is 0.396 e. The van der Waals surface area contributed by atoms with E-state index in [0.717, 1.165) is 32.0 Å². The zero-order chi connectivity index (χ0) is 9.60. The summed E-state index contributed by atoms with van der Waals surface area (Å²) in [4.78, 5) is 0. The lowest BCUT2D eigenvalue weighted by Gasteiger charge is -2.47. The molecule has 14 heavy (non-hydrogen) atoms. The zero-order valence-corrected chi connectivity index (χ0v) is 8.45. The van der Waals surface area contributed by atoms with Crippen molar-refractivity contribution in [3.8, 4) is 0 Å². The summed E-state index contributed by atoms with van der Waals surface area (Å²) in [6, 6.07) is 0. The van der Waals surface area contributed by atoms with E-state index >= 15 is 0 Å². The minimum Gasteiger partial charge on any atom is -0.396 e. The van der Waals surface area contributed by atoms with Crippen LogP contribution in [0.2, 0.25) is 0 Å². The molecule has 3 fully saturated rings. The lowest BCUT2D eigenvalue weighted by molar-refractivity contribution is -0.267.